The van der Waals surface area contributed by atoms with Crippen LogP contribution < -0.4 is 16.0 Å². The fourth-order valence-corrected chi connectivity index (χ4v) is 6.31. The van der Waals surface area contributed by atoms with Crippen molar-refractivity contribution in [3.05, 3.63) is 48.0 Å². The van der Waals surface area contributed by atoms with E-state index in [1.54, 1.807) is 14.0 Å². The highest BCUT2D eigenvalue weighted by molar-refractivity contribution is 6.07. The van der Waals surface area contributed by atoms with E-state index in [0.717, 1.165) is 30.0 Å². The first-order chi connectivity index (χ1) is 17.3. The first-order valence-electron chi connectivity index (χ1n) is 13.4. The molecule has 5 atom stereocenters. The van der Waals surface area contributed by atoms with Gasteiger partial charge in [0.05, 0.1) is 17.6 Å². The molecular formula is C30H42N4O3. The molecule has 1 saturated carbocycles. The van der Waals surface area contributed by atoms with Gasteiger partial charge in [0.1, 0.15) is 6.04 Å². The average Bonchev–Trinajstić information content (AvgIpc) is 3.27. The van der Waals surface area contributed by atoms with Crippen LogP contribution in [0.25, 0.3) is 10.8 Å². The van der Waals surface area contributed by atoms with Gasteiger partial charge >= 0.3 is 0 Å². The number of nitrogens with one attached hydrogen (secondary N) is 3. The summed E-state index contributed by atoms with van der Waals surface area (Å²) in [7, 11) is 1.73. The zero-order chi connectivity index (χ0) is 27.2. The molecule has 1 heterocycles. The van der Waals surface area contributed by atoms with Crippen LogP contribution in [-0.4, -0.2) is 59.9 Å². The summed E-state index contributed by atoms with van der Waals surface area (Å²) in [6, 6.07) is 12.4. The third-order valence-corrected chi connectivity index (χ3v) is 9.16. The quantitative estimate of drug-likeness (QED) is 0.555. The molecule has 0 aromatic heterocycles. The Morgan fingerprint density at radius 3 is 2.38 bits per heavy atom. The molecule has 2 fully saturated rings. The van der Waals surface area contributed by atoms with Gasteiger partial charge in [0.25, 0.3) is 5.91 Å². The molecule has 2 aromatic rings. The van der Waals surface area contributed by atoms with Crippen LogP contribution in [0.15, 0.2) is 42.5 Å². The van der Waals surface area contributed by atoms with E-state index >= 15 is 0 Å². The third kappa shape index (κ3) is 4.63. The van der Waals surface area contributed by atoms with Gasteiger partial charge < -0.3 is 20.9 Å². The normalized spacial score (nSPS) is 27.0. The van der Waals surface area contributed by atoms with Gasteiger partial charge in [-0.15, -0.1) is 0 Å². The van der Waals surface area contributed by atoms with Crippen LogP contribution in [0.4, 0.5) is 0 Å². The first kappa shape index (κ1) is 27.1. The van der Waals surface area contributed by atoms with E-state index in [-0.39, 0.29) is 29.2 Å². The van der Waals surface area contributed by atoms with Crippen LogP contribution in [0.1, 0.15) is 71.2 Å². The van der Waals surface area contributed by atoms with Gasteiger partial charge in [-0.05, 0) is 67.8 Å². The second-order valence-electron chi connectivity index (χ2n) is 12.4. The highest BCUT2D eigenvalue weighted by Gasteiger charge is 2.63. The Balaban J connectivity index is 1.63. The number of rotatable bonds is 6. The molecule has 7 heteroatoms. The number of nitrogens with zero attached hydrogens (tertiary/aromatic N) is 1. The van der Waals surface area contributed by atoms with Gasteiger partial charge in [-0.1, -0.05) is 64.1 Å². The molecule has 0 bridgehead atoms. The number of benzene rings is 2. The summed E-state index contributed by atoms with van der Waals surface area (Å²) in [5, 5.41) is 11.2. The van der Waals surface area contributed by atoms with Crippen LogP contribution in [0, 0.1) is 10.8 Å². The Morgan fingerprint density at radius 1 is 1.03 bits per heavy atom. The number of likely N-dealkylation sites (N-methyl/N-ethyl adjacent to an activating group) is 1. The topological polar surface area (TPSA) is 90.5 Å². The number of hydrogen-bond donors (Lipinski definition) is 3. The van der Waals surface area contributed by atoms with Gasteiger partial charge in [0.15, 0.2) is 0 Å². The minimum Gasteiger partial charge on any atom is -0.347 e. The Kier molecular flexibility index (Phi) is 7.14. The number of hydrogen-bond acceptors (Lipinski definition) is 4. The van der Waals surface area contributed by atoms with Crippen molar-refractivity contribution in [1.29, 1.82) is 0 Å². The molecule has 3 amide bonds. The lowest BCUT2D eigenvalue weighted by Gasteiger charge is -2.47. The molecule has 0 unspecified atom stereocenters. The second kappa shape index (κ2) is 9.75. The predicted octanol–water partition coefficient (Wildman–Crippen LogP) is 3.87. The first-order valence-corrected chi connectivity index (χ1v) is 13.4. The molecule has 3 N–H and O–H groups in total. The molecule has 200 valence electrons. The Bertz CT molecular complexity index is 1200. The second-order valence-corrected chi connectivity index (χ2v) is 12.4. The van der Waals surface area contributed by atoms with Crippen LogP contribution >= 0.6 is 0 Å². The van der Waals surface area contributed by atoms with Crippen molar-refractivity contribution < 1.29 is 14.4 Å². The maximum atomic E-state index is 14.2. The Morgan fingerprint density at radius 2 is 1.70 bits per heavy atom. The maximum absolute atomic E-state index is 14.2. The molecule has 1 aliphatic heterocycles. The minimum absolute atomic E-state index is 0.0818. The third-order valence-electron chi connectivity index (χ3n) is 9.16. The van der Waals surface area contributed by atoms with Crippen molar-refractivity contribution in [3.63, 3.8) is 0 Å². The number of fused-ring (bicyclic) bond motifs is 2. The summed E-state index contributed by atoms with van der Waals surface area (Å²) in [6.45, 7) is 12.7. The number of carbonyl (C=O) groups is 3. The molecule has 0 radical (unpaired) electrons. The van der Waals surface area contributed by atoms with E-state index < -0.39 is 23.0 Å². The van der Waals surface area contributed by atoms with Gasteiger partial charge in [-0.25, -0.2) is 0 Å². The number of likely N-dealkylation sites (tertiary alicyclic amines) is 1. The van der Waals surface area contributed by atoms with Gasteiger partial charge in [0.2, 0.25) is 11.8 Å². The lowest BCUT2D eigenvalue weighted by Crippen LogP contribution is -2.65. The molecule has 2 aromatic carbocycles. The van der Waals surface area contributed by atoms with E-state index in [4.69, 9.17) is 0 Å². The lowest BCUT2D eigenvalue weighted by molar-refractivity contribution is -0.145. The number of carbonyl (C=O) groups excluding carboxylic acids is 3. The molecule has 0 spiro atoms. The molecular weight excluding hydrogens is 464 g/mol. The molecule has 1 aliphatic carbocycles. The zero-order valence-electron chi connectivity index (χ0n) is 23.3. The Hall–Kier alpha value is -2.93. The highest BCUT2D eigenvalue weighted by Crippen LogP contribution is 2.56. The largest absolute Gasteiger partial charge is 0.347 e. The lowest BCUT2D eigenvalue weighted by atomic mass is 9.73. The van der Waals surface area contributed by atoms with E-state index in [1.807, 2.05) is 68.1 Å². The van der Waals surface area contributed by atoms with Crippen molar-refractivity contribution in [3.8, 4) is 0 Å². The van der Waals surface area contributed by atoms with Gasteiger partial charge in [-0.2, -0.15) is 0 Å². The summed E-state index contributed by atoms with van der Waals surface area (Å²) in [4.78, 5) is 42.5. The smallest absolute Gasteiger partial charge is 0.252 e. The molecule has 4 rings (SSSR count). The van der Waals surface area contributed by atoms with Crippen LogP contribution in [0.2, 0.25) is 0 Å². The zero-order valence-corrected chi connectivity index (χ0v) is 23.3. The summed E-state index contributed by atoms with van der Waals surface area (Å²) < 4.78 is 0. The van der Waals surface area contributed by atoms with Crippen molar-refractivity contribution in [2.24, 2.45) is 10.8 Å². The van der Waals surface area contributed by atoms with Crippen molar-refractivity contribution in [1.82, 2.24) is 20.9 Å². The SMILES string of the molecule is CN[C@@H](C)C(=O)N[C@H](C(=O)N1CC[C@]2(C)CC[C@H](NC(=O)c3cccc4ccccc34)[C@@]12C)C(C)(C)C. The summed E-state index contributed by atoms with van der Waals surface area (Å²) in [5.74, 6) is -0.396. The maximum Gasteiger partial charge on any atom is 0.252 e. The fraction of sp³-hybridized carbons (Fsp3) is 0.567. The number of amides is 3. The van der Waals surface area contributed by atoms with Crippen LogP contribution in [-0.2, 0) is 9.59 Å². The molecule has 2 aliphatic rings. The van der Waals surface area contributed by atoms with E-state index in [1.165, 1.54) is 0 Å². The van der Waals surface area contributed by atoms with Crippen molar-refractivity contribution in [2.45, 2.75) is 84.5 Å². The average molecular weight is 507 g/mol. The molecule has 1 saturated heterocycles. The fourth-order valence-electron chi connectivity index (χ4n) is 6.31. The van der Waals surface area contributed by atoms with Crippen LogP contribution in [0.5, 0.6) is 0 Å². The van der Waals surface area contributed by atoms with Crippen LogP contribution in [0.3, 0.4) is 0 Å². The highest BCUT2D eigenvalue weighted by atomic mass is 16.2. The van der Waals surface area contributed by atoms with E-state index in [2.05, 4.69) is 29.8 Å². The van der Waals surface area contributed by atoms with E-state index in [9.17, 15) is 14.4 Å². The summed E-state index contributed by atoms with van der Waals surface area (Å²) in [5.41, 5.74) is -0.514. The standard InChI is InChI=1S/C30H42N4O3/c1-19(31-7)25(35)33-24(28(2,3)4)27(37)34-18-17-29(5)16-15-23(30(29,34)6)32-26(36)22-14-10-12-20-11-8-9-13-21(20)22/h8-14,19,23-24,31H,15-18H2,1-7H3,(H,32,36)(H,33,35)/t19-,23-,24+,29-,30+/m0/s1. The predicted molar refractivity (Wildman–Crippen MR) is 147 cm³/mol. The van der Waals surface area contributed by atoms with E-state index in [0.29, 0.717) is 12.1 Å². The summed E-state index contributed by atoms with van der Waals surface area (Å²) >= 11 is 0. The van der Waals surface area contributed by atoms with Gasteiger partial charge in [0, 0.05) is 12.1 Å². The molecule has 7 nitrogen and oxygen atoms in total. The van der Waals surface area contributed by atoms with Crippen molar-refractivity contribution in [2.75, 3.05) is 13.6 Å². The van der Waals surface area contributed by atoms with Crippen molar-refractivity contribution >= 4 is 28.5 Å². The monoisotopic (exact) mass is 506 g/mol. The minimum atomic E-state index is -0.676. The van der Waals surface area contributed by atoms with Gasteiger partial charge in [-0.3, -0.25) is 14.4 Å². The molecule has 37 heavy (non-hydrogen) atoms. The summed E-state index contributed by atoms with van der Waals surface area (Å²) in [6.07, 6.45) is 2.60. The Labute approximate surface area is 220 Å².